The van der Waals surface area contributed by atoms with Crippen molar-refractivity contribution in [1.29, 1.82) is 0 Å². The Hall–Kier alpha value is -0.160. The summed E-state index contributed by atoms with van der Waals surface area (Å²) in [4.78, 5) is 0. The number of ether oxygens (including phenoxy) is 1. The zero-order valence-electron chi connectivity index (χ0n) is 12.0. The van der Waals surface area contributed by atoms with Crippen LogP contribution in [-0.4, -0.2) is 46.8 Å². The molecule has 114 valence electrons. The largest absolute Gasteiger partial charge is 0.394 e. The lowest BCUT2D eigenvalue weighted by Gasteiger charge is -2.29. The first kappa shape index (κ1) is 16.9. The smallest absolute Gasteiger partial charge is 0.100 e. The molecule has 0 unspecified atom stereocenters. The van der Waals surface area contributed by atoms with Crippen LogP contribution in [0.5, 0.6) is 0 Å². The van der Waals surface area contributed by atoms with Gasteiger partial charge in [-0.3, -0.25) is 0 Å². The molecule has 0 heterocycles. The molecular weight excluding hydrogens is 244 g/mol. The maximum atomic E-state index is 8.17. The maximum Gasteiger partial charge on any atom is 0.100 e. The van der Waals surface area contributed by atoms with Gasteiger partial charge >= 0.3 is 0 Å². The van der Waals surface area contributed by atoms with Gasteiger partial charge in [-0.05, 0) is 25.7 Å². The third kappa shape index (κ3) is 7.88. The number of hydrogen-bond acceptors (Lipinski definition) is 4. The average molecular weight is 274 g/mol. The molecule has 2 rings (SSSR count). The van der Waals surface area contributed by atoms with Gasteiger partial charge in [0, 0.05) is 0 Å². The summed E-state index contributed by atoms with van der Waals surface area (Å²) < 4.78 is 6.13. The molecule has 0 aromatic heterocycles. The van der Waals surface area contributed by atoms with Crippen LogP contribution in [0.15, 0.2) is 0 Å². The number of aliphatic hydroxyl groups is 3. The van der Waals surface area contributed by atoms with E-state index in [1.807, 2.05) is 0 Å². The van der Waals surface area contributed by atoms with Crippen molar-refractivity contribution >= 4 is 0 Å². The van der Waals surface area contributed by atoms with Crippen LogP contribution < -0.4 is 0 Å². The van der Waals surface area contributed by atoms with Crippen LogP contribution in [-0.2, 0) is 4.74 Å². The van der Waals surface area contributed by atoms with Crippen molar-refractivity contribution in [2.75, 3.05) is 13.2 Å². The number of hydrogen-bond donors (Lipinski definition) is 3. The molecule has 0 atom stereocenters. The predicted molar refractivity (Wildman–Crippen MR) is 75.0 cm³/mol. The Morgan fingerprint density at radius 3 is 1.37 bits per heavy atom. The minimum Gasteiger partial charge on any atom is -0.394 e. The predicted octanol–water partition coefficient (Wildman–Crippen LogP) is 2.00. The van der Waals surface area contributed by atoms with Crippen molar-refractivity contribution in [2.24, 2.45) is 0 Å². The van der Waals surface area contributed by atoms with Gasteiger partial charge in [-0.1, -0.05) is 38.5 Å². The van der Waals surface area contributed by atoms with Crippen LogP contribution >= 0.6 is 0 Å². The van der Waals surface area contributed by atoms with Gasteiger partial charge in [0.15, 0.2) is 0 Å². The highest BCUT2D eigenvalue weighted by Crippen LogP contribution is 2.26. The van der Waals surface area contributed by atoms with Gasteiger partial charge in [0.25, 0.3) is 0 Å². The van der Waals surface area contributed by atoms with Gasteiger partial charge < -0.3 is 20.1 Å². The van der Waals surface area contributed by atoms with E-state index in [0.29, 0.717) is 12.2 Å². The highest BCUT2D eigenvalue weighted by Gasteiger charge is 2.20. The summed E-state index contributed by atoms with van der Waals surface area (Å²) in [5, 5.41) is 24.0. The van der Waals surface area contributed by atoms with E-state index >= 15 is 0 Å². The van der Waals surface area contributed by atoms with E-state index in [-0.39, 0.29) is 13.2 Å². The van der Waals surface area contributed by atoms with E-state index in [2.05, 4.69) is 0 Å². The van der Waals surface area contributed by atoms with Crippen LogP contribution in [0.25, 0.3) is 0 Å². The minimum absolute atomic E-state index is 0.365. The molecule has 0 spiro atoms. The van der Waals surface area contributed by atoms with Crippen molar-refractivity contribution in [3.63, 3.8) is 0 Å². The highest BCUT2D eigenvalue weighted by molar-refractivity contribution is 4.71. The lowest BCUT2D eigenvalue weighted by Crippen LogP contribution is -2.25. The zero-order chi connectivity index (χ0) is 13.9. The Balaban J connectivity index is 0.000000258. The lowest BCUT2D eigenvalue weighted by molar-refractivity contribution is -0.0450. The lowest BCUT2D eigenvalue weighted by atomic mass is 9.95. The Morgan fingerprint density at radius 2 is 1.11 bits per heavy atom. The van der Waals surface area contributed by atoms with Crippen molar-refractivity contribution < 1.29 is 20.1 Å². The van der Waals surface area contributed by atoms with Gasteiger partial charge in [0.1, 0.15) is 6.10 Å². The molecule has 0 saturated heterocycles. The molecule has 0 radical (unpaired) electrons. The number of rotatable bonds is 4. The SMILES string of the molecule is C1CCC(OC2CCCCC2)CC1.OCC(O)CO. The van der Waals surface area contributed by atoms with Gasteiger partial charge in [-0.25, -0.2) is 0 Å². The molecule has 0 aliphatic heterocycles. The van der Waals surface area contributed by atoms with Crippen molar-refractivity contribution in [1.82, 2.24) is 0 Å². The van der Waals surface area contributed by atoms with Crippen LogP contribution in [0, 0.1) is 0 Å². The summed E-state index contributed by atoms with van der Waals surface area (Å²) in [7, 11) is 0. The normalized spacial score (nSPS) is 22.1. The Kier molecular flexibility index (Phi) is 9.43. The molecule has 0 aromatic rings. The molecular formula is C15H30O4. The fourth-order valence-electron chi connectivity index (χ4n) is 2.73. The van der Waals surface area contributed by atoms with Crippen LogP contribution in [0.1, 0.15) is 64.2 Å². The molecule has 2 aliphatic rings. The molecule has 4 heteroatoms. The van der Waals surface area contributed by atoms with E-state index in [1.54, 1.807) is 0 Å². The molecule has 0 bridgehead atoms. The molecule has 19 heavy (non-hydrogen) atoms. The molecule has 0 amide bonds. The molecule has 2 fully saturated rings. The van der Waals surface area contributed by atoms with Gasteiger partial charge in [-0.2, -0.15) is 0 Å². The Labute approximate surface area is 116 Å². The zero-order valence-corrected chi connectivity index (χ0v) is 12.0. The summed E-state index contributed by atoms with van der Waals surface area (Å²) in [6.45, 7) is -0.729. The van der Waals surface area contributed by atoms with Gasteiger partial charge in [0.2, 0.25) is 0 Å². The molecule has 2 saturated carbocycles. The fraction of sp³-hybridized carbons (Fsp3) is 1.00. The summed E-state index contributed by atoms with van der Waals surface area (Å²) >= 11 is 0. The standard InChI is InChI=1S/C12H22O.C3H8O3/c1-3-7-11(8-4-1)13-12-9-5-2-6-10-12;4-1-3(6)2-5/h11-12H,1-10H2;3-6H,1-2H2. The van der Waals surface area contributed by atoms with Crippen LogP contribution in [0.3, 0.4) is 0 Å². The van der Waals surface area contributed by atoms with Crippen molar-refractivity contribution in [3.05, 3.63) is 0 Å². The number of aliphatic hydroxyl groups excluding tert-OH is 3. The third-order valence-corrected chi connectivity index (χ3v) is 3.91. The molecule has 2 aliphatic carbocycles. The van der Waals surface area contributed by atoms with E-state index in [9.17, 15) is 0 Å². The summed E-state index contributed by atoms with van der Waals surface area (Å²) in [6.07, 6.45) is 14.1. The summed E-state index contributed by atoms with van der Waals surface area (Å²) in [5.41, 5.74) is 0. The molecule has 3 N–H and O–H groups in total. The second-order valence-corrected chi connectivity index (χ2v) is 5.68. The van der Waals surface area contributed by atoms with Gasteiger partial charge in [0.05, 0.1) is 25.4 Å². The second-order valence-electron chi connectivity index (χ2n) is 5.68. The van der Waals surface area contributed by atoms with Crippen LogP contribution in [0.2, 0.25) is 0 Å². The maximum absolute atomic E-state index is 8.17. The van der Waals surface area contributed by atoms with E-state index < -0.39 is 6.10 Å². The average Bonchev–Trinajstić information content (AvgIpc) is 2.49. The highest BCUT2D eigenvalue weighted by atomic mass is 16.5. The quantitative estimate of drug-likeness (QED) is 0.733. The van der Waals surface area contributed by atoms with Gasteiger partial charge in [-0.15, -0.1) is 0 Å². The topological polar surface area (TPSA) is 69.9 Å². The van der Waals surface area contributed by atoms with E-state index in [1.165, 1.54) is 64.2 Å². The Morgan fingerprint density at radius 1 is 0.737 bits per heavy atom. The molecule has 4 nitrogen and oxygen atoms in total. The molecule has 0 aromatic carbocycles. The van der Waals surface area contributed by atoms with E-state index in [0.717, 1.165) is 0 Å². The first-order valence-corrected chi connectivity index (χ1v) is 7.81. The first-order chi connectivity index (χ1) is 9.26. The Bertz CT molecular complexity index is 178. The van der Waals surface area contributed by atoms with E-state index in [4.69, 9.17) is 20.1 Å². The van der Waals surface area contributed by atoms with Crippen molar-refractivity contribution in [2.45, 2.75) is 82.5 Å². The third-order valence-electron chi connectivity index (χ3n) is 3.91. The first-order valence-electron chi connectivity index (χ1n) is 7.81. The second kappa shape index (κ2) is 10.6. The summed E-state index contributed by atoms with van der Waals surface area (Å²) in [6, 6.07) is 0. The fourth-order valence-corrected chi connectivity index (χ4v) is 2.73. The van der Waals surface area contributed by atoms with Crippen molar-refractivity contribution in [3.8, 4) is 0 Å². The minimum atomic E-state index is -0.954. The van der Waals surface area contributed by atoms with Crippen LogP contribution in [0.4, 0.5) is 0 Å². The monoisotopic (exact) mass is 274 g/mol. The summed E-state index contributed by atoms with van der Waals surface area (Å²) in [5.74, 6) is 0.